The molecular formula is C18H15N3. The lowest BCUT2D eigenvalue weighted by Gasteiger charge is -2.11. The first kappa shape index (κ1) is 12.0. The molecule has 0 radical (unpaired) electrons. The van der Waals surface area contributed by atoms with Crippen molar-refractivity contribution < 1.29 is 0 Å². The second-order valence-corrected chi connectivity index (χ2v) is 5.26. The summed E-state index contributed by atoms with van der Waals surface area (Å²) in [4.78, 5) is 4.88. The number of aryl methyl sites for hydroxylation is 1. The number of hydrogen-bond acceptors (Lipinski definition) is 2. The first-order valence-electron chi connectivity index (χ1n) is 6.97. The summed E-state index contributed by atoms with van der Waals surface area (Å²) < 4.78 is 2.13. The van der Waals surface area contributed by atoms with Crippen molar-refractivity contribution in [3.05, 3.63) is 66.4 Å². The van der Waals surface area contributed by atoms with Crippen molar-refractivity contribution in [3.8, 4) is 11.3 Å². The Morgan fingerprint density at radius 3 is 2.57 bits per heavy atom. The van der Waals surface area contributed by atoms with Crippen molar-refractivity contribution >= 4 is 22.2 Å². The highest BCUT2D eigenvalue weighted by molar-refractivity contribution is 5.97. The first-order chi connectivity index (χ1) is 10.3. The standard InChI is InChI=1S/C18H15N3/c1-12-10-11-21-16-9-5-3-7-14(16)17(20-18(12)21)13-6-2-4-8-15(13)19/h2-11H,19H2,1H3. The van der Waals surface area contributed by atoms with Gasteiger partial charge in [-0.3, -0.25) is 0 Å². The van der Waals surface area contributed by atoms with Gasteiger partial charge >= 0.3 is 0 Å². The maximum absolute atomic E-state index is 6.15. The van der Waals surface area contributed by atoms with Gasteiger partial charge in [-0.05, 0) is 30.7 Å². The van der Waals surface area contributed by atoms with E-state index < -0.39 is 0 Å². The number of aromatic nitrogens is 2. The van der Waals surface area contributed by atoms with Gasteiger partial charge in [0.2, 0.25) is 0 Å². The molecule has 0 atom stereocenters. The van der Waals surface area contributed by atoms with Crippen molar-refractivity contribution in [2.75, 3.05) is 5.73 Å². The molecule has 102 valence electrons. The van der Waals surface area contributed by atoms with Crippen LogP contribution in [-0.4, -0.2) is 9.38 Å². The highest BCUT2D eigenvalue weighted by atomic mass is 15.0. The van der Waals surface area contributed by atoms with E-state index in [0.29, 0.717) is 0 Å². The van der Waals surface area contributed by atoms with Crippen LogP contribution in [-0.2, 0) is 0 Å². The minimum Gasteiger partial charge on any atom is -0.398 e. The predicted molar refractivity (Wildman–Crippen MR) is 87.3 cm³/mol. The van der Waals surface area contributed by atoms with Crippen LogP contribution in [0.5, 0.6) is 0 Å². The van der Waals surface area contributed by atoms with Crippen LogP contribution in [0.15, 0.2) is 60.8 Å². The van der Waals surface area contributed by atoms with E-state index in [9.17, 15) is 0 Å². The fourth-order valence-electron chi connectivity index (χ4n) is 2.83. The van der Waals surface area contributed by atoms with Crippen LogP contribution in [0.1, 0.15) is 5.56 Å². The second kappa shape index (κ2) is 4.35. The number of nitrogens with two attached hydrogens (primary N) is 1. The summed E-state index contributed by atoms with van der Waals surface area (Å²) in [5, 5.41) is 1.11. The maximum Gasteiger partial charge on any atom is 0.140 e. The van der Waals surface area contributed by atoms with Gasteiger partial charge in [-0.15, -0.1) is 0 Å². The molecule has 21 heavy (non-hydrogen) atoms. The summed E-state index contributed by atoms with van der Waals surface area (Å²) in [6.45, 7) is 2.08. The van der Waals surface area contributed by atoms with Crippen molar-refractivity contribution in [3.63, 3.8) is 0 Å². The topological polar surface area (TPSA) is 43.3 Å². The summed E-state index contributed by atoms with van der Waals surface area (Å²) in [5.41, 5.74) is 12.1. The number of nitrogens with zero attached hydrogens (tertiary/aromatic N) is 2. The van der Waals surface area contributed by atoms with Gasteiger partial charge in [0.15, 0.2) is 0 Å². The van der Waals surface area contributed by atoms with Gasteiger partial charge in [0.25, 0.3) is 0 Å². The SMILES string of the molecule is Cc1ccn2c1nc(-c1ccccc1N)c1ccccc12. The summed E-state index contributed by atoms with van der Waals surface area (Å²) in [5.74, 6) is 0. The second-order valence-electron chi connectivity index (χ2n) is 5.26. The zero-order valence-electron chi connectivity index (χ0n) is 11.7. The normalized spacial score (nSPS) is 11.3. The lowest BCUT2D eigenvalue weighted by molar-refractivity contribution is 1.19. The molecule has 0 fully saturated rings. The number of anilines is 1. The van der Waals surface area contributed by atoms with Gasteiger partial charge in [0.05, 0.1) is 11.2 Å². The third-order valence-electron chi connectivity index (χ3n) is 3.91. The van der Waals surface area contributed by atoms with E-state index in [1.54, 1.807) is 0 Å². The van der Waals surface area contributed by atoms with Gasteiger partial charge in [-0.2, -0.15) is 0 Å². The molecule has 4 rings (SSSR count). The van der Waals surface area contributed by atoms with Crippen molar-refractivity contribution in [1.29, 1.82) is 0 Å². The molecule has 2 N–H and O–H groups in total. The Labute approximate surface area is 122 Å². The zero-order chi connectivity index (χ0) is 14.4. The number of para-hydroxylation sites is 2. The van der Waals surface area contributed by atoms with Gasteiger partial charge in [-0.25, -0.2) is 4.98 Å². The minimum absolute atomic E-state index is 0.753. The number of rotatable bonds is 1. The monoisotopic (exact) mass is 273 g/mol. The Morgan fingerprint density at radius 2 is 1.71 bits per heavy atom. The molecule has 0 saturated heterocycles. The van der Waals surface area contributed by atoms with E-state index in [4.69, 9.17) is 10.7 Å². The van der Waals surface area contributed by atoms with E-state index in [1.165, 1.54) is 0 Å². The molecule has 0 aliphatic rings. The molecule has 0 aliphatic heterocycles. The molecule has 0 spiro atoms. The molecule has 0 amide bonds. The fraction of sp³-hybridized carbons (Fsp3) is 0.0556. The zero-order valence-corrected chi connectivity index (χ0v) is 11.7. The summed E-state index contributed by atoms with van der Waals surface area (Å²) in [7, 11) is 0. The van der Waals surface area contributed by atoms with Crippen LogP contribution in [0.3, 0.4) is 0 Å². The molecule has 0 unspecified atom stereocenters. The number of hydrogen-bond donors (Lipinski definition) is 1. The quantitative estimate of drug-likeness (QED) is 0.532. The average Bonchev–Trinajstić information content (AvgIpc) is 2.89. The fourth-order valence-corrected chi connectivity index (χ4v) is 2.83. The highest BCUT2D eigenvalue weighted by Gasteiger charge is 2.12. The average molecular weight is 273 g/mol. The van der Waals surface area contributed by atoms with Crippen LogP contribution in [0.2, 0.25) is 0 Å². The summed E-state index contributed by atoms with van der Waals surface area (Å²) in [6.07, 6.45) is 2.07. The van der Waals surface area contributed by atoms with Gasteiger partial charge in [-0.1, -0.05) is 36.4 Å². The third kappa shape index (κ3) is 1.71. The number of fused-ring (bicyclic) bond motifs is 3. The summed E-state index contributed by atoms with van der Waals surface area (Å²) >= 11 is 0. The van der Waals surface area contributed by atoms with Crippen LogP contribution in [0.25, 0.3) is 27.8 Å². The molecule has 0 bridgehead atoms. The Hall–Kier alpha value is -2.81. The van der Waals surface area contributed by atoms with Crippen molar-refractivity contribution in [2.45, 2.75) is 6.92 Å². The smallest absolute Gasteiger partial charge is 0.140 e. The van der Waals surface area contributed by atoms with E-state index in [1.807, 2.05) is 30.3 Å². The maximum atomic E-state index is 6.15. The third-order valence-corrected chi connectivity index (χ3v) is 3.91. The molecule has 2 aromatic heterocycles. The predicted octanol–water partition coefficient (Wildman–Crippen LogP) is 4.05. The molecule has 2 heterocycles. The lowest BCUT2D eigenvalue weighted by Crippen LogP contribution is -1.97. The molecule has 2 aromatic carbocycles. The van der Waals surface area contributed by atoms with E-state index in [0.717, 1.165) is 39.1 Å². The van der Waals surface area contributed by atoms with Crippen LogP contribution < -0.4 is 5.73 Å². The largest absolute Gasteiger partial charge is 0.398 e. The number of benzene rings is 2. The highest BCUT2D eigenvalue weighted by Crippen LogP contribution is 2.32. The Morgan fingerprint density at radius 1 is 0.952 bits per heavy atom. The van der Waals surface area contributed by atoms with Crippen LogP contribution in [0.4, 0.5) is 5.69 Å². The van der Waals surface area contributed by atoms with Gasteiger partial charge in [0, 0.05) is 22.8 Å². The molecule has 4 aromatic rings. The molecule has 3 nitrogen and oxygen atoms in total. The van der Waals surface area contributed by atoms with Crippen molar-refractivity contribution in [2.24, 2.45) is 0 Å². The van der Waals surface area contributed by atoms with Crippen LogP contribution >= 0.6 is 0 Å². The van der Waals surface area contributed by atoms with Crippen molar-refractivity contribution in [1.82, 2.24) is 9.38 Å². The Kier molecular flexibility index (Phi) is 2.48. The van der Waals surface area contributed by atoms with Crippen LogP contribution in [0, 0.1) is 6.92 Å². The summed E-state index contributed by atoms with van der Waals surface area (Å²) in [6, 6.07) is 18.3. The molecular weight excluding hydrogens is 258 g/mol. The van der Waals surface area contributed by atoms with E-state index in [-0.39, 0.29) is 0 Å². The minimum atomic E-state index is 0.753. The molecule has 0 saturated carbocycles. The number of nitrogen functional groups attached to an aromatic ring is 1. The van der Waals surface area contributed by atoms with Gasteiger partial charge in [0.1, 0.15) is 5.65 Å². The van der Waals surface area contributed by atoms with E-state index in [2.05, 4.69) is 41.8 Å². The van der Waals surface area contributed by atoms with E-state index >= 15 is 0 Å². The Balaban J connectivity index is 2.21. The molecule has 0 aliphatic carbocycles. The molecule has 3 heteroatoms. The lowest BCUT2D eigenvalue weighted by atomic mass is 10.0. The Bertz CT molecular complexity index is 967. The van der Waals surface area contributed by atoms with Gasteiger partial charge < -0.3 is 10.1 Å². The first-order valence-corrected chi connectivity index (χ1v) is 6.97.